The zero-order valence-corrected chi connectivity index (χ0v) is 22.1. The summed E-state index contributed by atoms with van der Waals surface area (Å²) in [6.07, 6.45) is 2.37. The van der Waals surface area contributed by atoms with Gasteiger partial charge >= 0.3 is 0 Å². The minimum atomic E-state index is 0. The molecule has 0 bridgehead atoms. The molecule has 0 aliphatic carbocycles. The fourth-order valence-corrected chi connectivity index (χ4v) is 6.18. The Kier molecular flexibility index (Phi) is 9.61. The summed E-state index contributed by atoms with van der Waals surface area (Å²) >= 11 is 2.07. The molecule has 0 amide bonds. The Labute approximate surface area is 209 Å². The van der Waals surface area contributed by atoms with E-state index in [9.17, 15) is 0 Å². The zero-order valence-electron chi connectivity index (χ0n) is 18.9. The third kappa shape index (κ3) is 6.42. The molecule has 0 spiro atoms. The number of aryl methyl sites for hydroxylation is 1. The molecule has 2 unspecified atom stereocenters. The van der Waals surface area contributed by atoms with Gasteiger partial charge in [0.05, 0.1) is 25.3 Å². The van der Waals surface area contributed by atoms with Crippen molar-refractivity contribution in [3.63, 3.8) is 0 Å². The standard InChI is InChI=1S/C23H37N5OS.HI/c1-3-24-22(25-17-23(9-15-30-18-23)28-11-13-29-14-12-28)26-20-8-10-27(16-20)21-6-4-19(2)5-7-21;/h4-7,20H,3,8-18H2,1-2H3,(H2,24,25,26);1H. The topological polar surface area (TPSA) is 52.1 Å². The Bertz CT molecular complexity index is 704. The van der Waals surface area contributed by atoms with Gasteiger partial charge in [-0.1, -0.05) is 17.7 Å². The second-order valence-corrected chi connectivity index (χ2v) is 9.84. The van der Waals surface area contributed by atoms with Crippen molar-refractivity contribution in [2.45, 2.75) is 38.3 Å². The Balaban J connectivity index is 0.00000272. The van der Waals surface area contributed by atoms with E-state index in [0.29, 0.717) is 6.04 Å². The molecule has 3 fully saturated rings. The Hall–Kier alpha value is -0.710. The lowest BCUT2D eigenvalue weighted by Gasteiger charge is -2.42. The number of aliphatic imine (C=N–C) groups is 1. The first kappa shape index (κ1) is 24.9. The molecule has 3 saturated heterocycles. The number of rotatable bonds is 6. The molecular formula is C23H38IN5OS. The quantitative estimate of drug-likeness (QED) is 0.318. The number of benzene rings is 1. The monoisotopic (exact) mass is 559 g/mol. The molecule has 0 aromatic heterocycles. The Morgan fingerprint density at radius 1 is 1.23 bits per heavy atom. The van der Waals surface area contributed by atoms with Crippen molar-refractivity contribution in [3.05, 3.63) is 29.8 Å². The average molecular weight is 560 g/mol. The summed E-state index contributed by atoms with van der Waals surface area (Å²) in [5.41, 5.74) is 2.83. The normalized spacial score (nSPS) is 27.2. The lowest BCUT2D eigenvalue weighted by molar-refractivity contribution is -0.0104. The number of thioether (sulfide) groups is 1. The van der Waals surface area contributed by atoms with Gasteiger partial charge in [-0.25, -0.2) is 0 Å². The Morgan fingerprint density at radius 3 is 2.68 bits per heavy atom. The molecule has 2 N–H and O–H groups in total. The van der Waals surface area contributed by atoms with E-state index in [2.05, 4.69) is 70.3 Å². The number of ether oxygens (including phenoxy) is 1. The van der Waals surface area contributed by atoms with E-state index >= 15 is 0 Å². The predicted octanol–water partition coefficient (Wildman–Crippen LogP) is 2.95. The van der Waals surface area contributed by atoms with Gasteiger partial charge in [0.15, 0.2) is 5.96 Å². The van der Waals surface area contributed by atoms with Gasteiger partial charge in [-0.15, -0.1) is 24.0 Å². The molecule has 1 aromatic rings. The van der Waals surface area contributed by atoms with Gasteiger partial charge in [-0.05, 0) is 44.6 Å². The maximum atomic E-state index is 5.60. The predicted molar refractivity (Wildman–Crippen MR) is 143 cm³/mol. The SMILES string of the molecule is CCNC(=NCC1(N2CCOCC2)CCSC1)NC1CCN(c2ccc(C)cc2)C1.I. The fraction of sp³-hybridized carbons (Fsp3) is 0.696. The van der Waals surface area contributed by atoms with Crippen LogP contribution in [0.1, 0.15) is 25.3 Å². The summed E-state index contributed by atoms with van der Waals surface area (Å²) in [5.74, 6) is 3.39. The van der Waals surface area contributed by atoms with Crippen LogP contribution < -0.4 is 15.5 Å². The molecule has 174 valence electrons. The number of guanidine groups is 1. The van der Waals surface area contributed by atoms with Gasteiger partial charge in [-0.2, -0.15) is 11.8 Å². The molecule has 8 heteroatoms. The summed E-state index contributed by atoms with van der Waals surface area (Å²) in [5, 5.41) is 7.21. The van der Waals surface area contributed by atoms with E-state index in [1.807, 2.05) is 0 Å². The van der Waals surface area contributed by atoms with Crippen LogP contribution in [-0.4, -0.2) is 86.4 Å². The summed E-state index contributed by atoms with van der Waals surface area (Å²) in [6.45, 7) is 11.9. The van der Waals surface area contributed by atoms with Gasteiger partial charge in [0, 0.05) is 50.2 Å². The van der Waals surface area contributed by atoms with E-state index in [0.717, 1.165) is 64.9 Å². The van der Waals surface area contributed by atoms with Crippen LogP contribution in [0.25, 0.3) is 0 Å². The smallest absolute Gasteiger partial charge is 0.191 e. The maximum absolute atomic E-state index is 5.60. The van der Waals surface area contributed by atoms with Gasteiger partial charge in [0.2, 0.25) is 0 Å². The zero-order chi connectivity index (χ0) is 20.8. The van der Waals surface area contributed by atoms with Crippen LogP contribution in [-0.2, 0) is 4.74 Å². The highest BCUT2D eigenvalue weighted by molar-refractivity contribution is 14.0. The Morgan fingerprint density at radius 2 is 2.00 bits per heavy atom. The van der Waals surface area contributed by atoms with E-state index < -0.39 is 0 Å². The second-order valence-electron chi connectivity index (χ2n) is 8.73. The van der Waals surface area contributed by atoms with Crippen molar-refractivity contribution in [1.82, 2.24) is 15.5 Å². The molecule has 3 heterocycles. The summed E-state index contributed by atoms with van der Waals surface area (Å²) in [7, 11) is 0. The first-order valence-electron chi connectivity index (χ1n) is 11.5. The average Bonchev–Trinajstić information content (AvgIpc) is 3.44. The molecule has 0 radical (unpaired) electrons. The largest absolute Gasteiger partial charge is 0.379 e. The molecule has 3 aliphatic heterocycles. The fourth-order valence-electron chi connectivity index (χ4n) is 4.72. The third-order valence-corrected chi connectivity index (χ3v) is 7.80. The molecular weight excluding hydrogens is 521 g/mol. The van der Waals surface area contributed by atoms with Crippen LogP contribution in [0.15, 0.2) is 29.3 Å². The number of nitrogens with one attached hydrogen (secondary N) is 2. The minimum absolute atomic E-state index is 0. The molecule has 31 heavy (non-hydrogen) atoms. The van der Waals surface area contributed by atoms with Crippen LogP contribution in [0.5, 0.6) is 0 Å². The van der Waals surface area contributed by atoms with Crippen molar-refractivity contribution in [2.24, 2.45) is 4.99 Å². The highest BCUT2D eigenvalue weighted by Gasteiger charge is 2.40. The number of halogens is 1. The molecule has 4 rings (SSSR count). The van der Waals surface area contributed by atoms with Gasteiger partial charge in [-0.3, -0.25) is 9.89 Å². The minimum Gasteiger partial charge on any atom is -0.379 e. The third-order valence-electron chi connectivity index (χ3n) is 6.57. The van der Waals surface area contributed by atoms with Crippen LogP contribution in [0.4, 0.5) is 5.69 Å². The number of morpholine rings is 1. The van der Waals surface area contributed by atoms with Crippen LogP contribution in [0.2, 0.25) is 0 Å². The number of hydrogen-bond acceptors (Lipinski definition) is 5. The lowest BCUT2D eigenvalue weighted by Crippen LogP contribution is -2.56. The van der Waals surface area contributed by atoms with E-state index in [-0.39, 0.29) is 29.5 Å². The molecule has 0 saturated carbocycles. The number of nitrogens with zero attached hydrogens (tertiary/aromatic N) is 3. The lowest BCUT2D eigenvalue weighted by atomic mass is 9.96. The van der Waals surface area contributed by atoms with E-state index in [1.165, 1.54) is 29.2 Å². The first-order valence-corrected chi connectivity index (χ1v) is 12.6. The van der Waals surface area contributed by atoms with Crippen molar-refractivity contribution >= 4 is 47.4 Å². The molecule has 3 aliphatic rings. The summed E-state index contributed by atoms with van der Waals surface area (Å²) in [4.78, 5) is 10.2. The van der Waals surface area contributed by atoms with Crippen molar-refractivity contribution in [3.8, 4) is 0 Å². The van der Waals surface area contributed by atoms with Crippen molar-refractivity contribution < 1.29 is 4.74 Å². The van der Waals surface area contributed by atoms with Gasteiger partial charge in [0.1, 0.15) is 0 Å². The molecule has 2 atom stereocenters. The van der Waals surface area contributed by atoms with Crippen molar-refractivity contribution in [2.75, 3.05) is 68.9 Å². The second kappa shape index (κ2) is 12.0. The number of anilines is 1. The summed E-state index contributed by atoms with van der Waals surface area (Å²) in [6, 6.07) is 9.31. The van der Waals surface area contributed by atoms with Crippen LogP contribution in [0.3, 0.4) is 0 Å². The first-order chi connectivity index (χ1) is 14.7. The molecule has 6 nitrogen and oxygen atoms in total. The molecule has 1 aromatic carbocycles. The van der Waals surface area contributed by atoms with Crippen molar-refractivity contribution in [1.29, 1.82) is 0 Å². The van der Waals surface area contributed by atoms with Crippen LogP contribution >= 0.6 is 35.7 Å². The van der Waals surface area contributed by atoms with Gasteiger partial charge in [0.25, 0.3) is 0 Å². The highest BCUT2D eigenvalue weighted by atomic mass is 127. The summed E-state index contributed by atoms with van der Waals surface area (Å²) < 4.78 is 5.60. The maximum Gasteiger partial charge on any atom is 0.191 e. The van der Waals surface area contributed by atoms with E-state index in [4.69, 9.17) is 9.73 Å². The number of hydrogen-bond donors (Lipinski definition) is 2. The van der Waals surface area contributed by atoms with Gasteiger partial charge < -0.3 is 20.3 Å². The van der Waals surface area contributed by atoms with Crippen LogP contribution in [0, 0.1) is 6.92 Å². The van der Waals surface area contributed by atoms with E-state index in [1.54, 1.807) is 0 Å². The highest BCUT2D eigenvalue weighted by Crippen LogP contribution is 2.34.